The summed E-state index contributed by atoms with van der Waals surface area (Å²) in [5.41, 5.74) is 0.00118. The number of carboxylic acids is 1. The summed E-state index contributed by atoms with van der Waals surface area (Å²) in [6.07, 6.45) is 1.41. The Labute approximate surface area is 162 Å². The zero-order valence-electron chi connectivity index (χ0n) is 16.3. The van der Waals surface area contributed by atoms with Crippen LogP contribution >= 0.6 is 0 Å². The van der Waals surface area contributed by atoms with Gasteiger partial charge in [-0.15, -0.1) is 6.58 Å². The normalized spacial score (nSPS) is 19.6. The third-order valence-electron chi connectivity index (χ3n) is 5.11. The molecule has 0 radical (unpaired) electrons. The second-order valence-electron chi connectivity index (χ2n) is 7.24. The third kappa shape index (κ3) is 6.50. The highest BCUT2D eigenvalue weighted by molar-refractivity contribution is 5.78. The molecular weight excluding hydrogens is 379 g/mol. The lowest BCUT2D eigenvalue weighted by Crippen LogP contribution is -2.60. The van der Waals surface area contributed by atoms with Gasteiger partial charge in [-0.05, 0) is 25.7 Å². The van der Waals surface area contributed by atoms with Gasteiger partial charge in [0.25, 0.3) is 0 Å². The number of likely N-dealkylation sites (N-methyl/N-ethyl adjacent to an activating group) is 1. The zero-order valence-corrected chi connectivity index (χ0v) is 16.3. The van der Waals surface area contributed by atoms with E-state index >= 15 is 0 Å². The van der Waals surface area contributed by atoms with E-state index in [1.165, 1.54) is 0 Å². The van der Waals surface area contributed by atoms with Crippen LogP contribution in [0.15, 0.2) is 12.7 Å². The Morgan fingerprint density at radius 1 is 1.25 bits per heavy atom. The highest BCUT2D eigenvalue weighted by atomic mass is 19.4. The molecule has 160 valence electrons. The number of carboxylic acid groups (broad SMARTS) is 1. The number of likely N-dealkylation sites (tertiary alicyclic amines) is 2. The molecule has 2 aliphatic heterocycles. The molecule has 0 aromatic heterocycles. The fraction of sp³-hybridized carbons (Fsp3) is 0.722. The summed E-state index contributed by atoms with van der Waals surface area (Å²) in [5, 5.41) is 7.12. The van der Waals surface area contributed by atoms with Crippen molar-refractivity contribution in [1.82, 2.24) is 14.7 Å². The summed E-state index contributed by atoms with van der Waals surface area (Å²) in [6, 6.07) is 0. The third-order valence-corrected chi connectivity index (χ3v) is 5.11. The molecule has 1 N–H and O–H groups in total. The molecule has 0 aliphatic carbocycles. The van der Waals surface area contributed by atoms with Crippen LogP contribution in [0.1, 0.15) is 32.1 Å². The van der Waals surface area contributed by atoms with E-state index < -0.39 is 12.1 Å². The molecule has 0 aromatic rings. The van der Waals surface area contributed by atoms with Gasteiger partial charge in [0.2, 0.25) is 11.8 Å². The number of rotatable bonds is 4. The Kier molecular flexibility index (Phi) is 8.47. The Balaban J connectivity index is 0.000000480. The van der Waals surface area contributed by atoms with Crippen LogP contribution in [0.4, 0.5) is 13.2 Å². The molecule has 0 atom stereocenters. The van der Waals surface area contributed by atoms with Gasteiger partial charge in [-0.3, -0.25) is 14.5 Å². The van der Waals surface area contributed by atoms with Crippen molar-refractivity contribution in [3.8, 4) is 0 Å². The molecule has 28 heavy (non-hydrogen) atoms. The number of piperidine rings is 2. The summed E-state index contributed by atoms with van der Waals surface area (Å²) in [7, 11) is 3.58. The Hall–Kier alpha value is -2.10. The highest BCUT2D eigenvalue weighted by Gasteiger charge is 2.43. The van der Waals surface area contributed by atoms with E-state index in [9.17, 15) is 22.8 Å². The Morgan fingerprint density at radius 2 is 1.79 bits per heavy atom. The van der Waals surface area contributed by atoms with Crippen molar-refractivity contribution in [2.75, 3.05) is 40.3 Å². The van der Waals surface area contributed by atoms with Gasteiger partial charge in [0.1, 0.15) is 0 Å². The minimum atomic E-state index is -5.08. The molecule has 2 rings (SSSR count). The molecule has 0 aromatic carbocycles. The molecule has 0 unspecified atom stereocenters. The van der Waals surface area contributed by atoms with E-state index in [0.717, 1.165) is 38.8 Å². The highest BCUT2D eigenvalue weighted by Crippen LogP contribution is 2.37. The number of amides is 2. The molecule has 0 saturated carbocycles. The van der Waals surface area contributed by atoms with Crippen LogP contribution in [-0.2, 0) is 14.4 Å². The number of halogens is 3. The second-order valence-corrected chi connectivity index (χ2v) is 7.24. The zero-order chi connectivity index (χ0) is 21.5. The van der Waals surface area contributed by atoms with Crippen molar-refractivity contribution in [2.45, 2.75) is 43.8 Å². The SMILES string of the molecule is C=CCN1C(=O)CCCC12CCN(CC(=O)N(C)C)CC2.O=C(O)C(F)(F)F. The molecule has 0 bridgehead atoms. The van der Waals surface area contributed by atoms with Gasteiger partial charge in [0.05, 0.1) is 6.54 Å². The summed E-state index contributed by atoms with van der Waals surface area (Å²) in [6.45, 7) is 6.70. The van der Waals surface area contributed by atoms with Crippen molar-refractivity contribution in [3.05, 3.63) is 12.7 Å². The van der Waals surface area contributed by atoms with Crippen LogP contribution in [0.2, 0.25) is 0 Å². The van der Waals surface area contributed by atoms with E-state index in [1.54, 1.807) is 19.0 Å². The minimum absolute atomic E-state index is 0.00118. The van der Waals surface area contributed by atoms with E-state index in [-0.39, 0.29) is 17.4 Å². The fourth-order valence-electron chi connectivity index (χ4n) is 3.51. The lowest BCUT2D eigenvalue weighted by atomic mass is 9.78. The lowest BCUT2D eigenvalue weighted by molar-refractivity contribution is -0.192. The van der Waals surface area contributed by atoms with E-state index in [4.69, 9.17) is 9.90 Å². The van der Waals surface area contributed by atoms with Crippen molar-refractivity contribution in [2.24, 2.45) is 0 Å². The molecule has 2 amide bonds. The predicted octanol–water partition coefficient (Wildman–Crippen LogP) is 1.74. The quantitative estimate of drug-likeness (QED) is 0.718. The predicted molar refractivity (Wildman–Crippen MR) is 96.6 cm³/mol. The molecule has 1 spiro atoms. The Bertz CT molecular complexity index is 585. The average Bonchev–Trinajstić information content (AvgIpc) is 2.60. The summed E-state index contributed by atoms with van der Waals surface area (Å²) >= 11 is 0. The van der Waals surface area contributed by atoms with E-state index in [0.29, 0.717) is 19.5 Å². The van der Waals surface area contributed by atoms with Crippen LogP contribution in [0.25, 0.3) is 0 Å². The second kappa shape index (κ2) is 9.90. The summed E-state index contributed by atoms with van der Waals surface area (Å²) in [5.74, 6) is -2.35. The monoisotopic (exact) mass is 407 g/mol. The van der Waals surface area contributed by atoms with Gasteiger partial charge in [-0.25, -0.2) is 4.79 Å². The van der Waals surface area contributed by atoms with Gasteiger partial charge in [0, 0.05) is 45.7 Å². The maximum atomic E-state index is 12.2. The molecule has 2 heterocycles. The molecule has 2 saturated heterocycles. The van der Waals surface area contributed by atoms with Gasteiger partial charge in [0.15, 0.2) is 0 Å². The van der Waals surface area contributed by atoms with Crippen molar-refractivity contribution in [3.63, 3.8) is 0 Å². The lowest BCUT2D eigenvalue weighted by Gasteiger charge is -2.51. The molecule has 2 aliphatic rings. The number of aliphatic carboxylic acids is 1. The standard InChI is InChI=1S/C16H27N3O2.C2HF3O2/c1-4-10-19-14(20)6-5-7-16(19)8-11-18(12-9-16)13-15(21)17(2)3;3-2(4,5)1(6)7/h4H,1,5-13H2,2-3H3;(H,6,7). The number of carbonyl (C=O) groups is 3. The van der Waals surface area contributed by atoms with Crippen LogP contribution < -0.4 is 0 Å². The molecular formula is C18H28F3N3O4. The number of alkyl halides is 3. The first-order valence-corrected chi connectivity index (χ1v) is 9.07. The maximum absolute atomic E-state index is 12.2. The smallest absolute Gasteiger partial charge is 0.475 e. The van der Waals surface area contributed by atoms with Gasteiger partial charge >= 0.3 is 12.1 Å². The van der Waals surface area contributed by atoms with E-state index in [1.807, 2.05) is 11.0 Å². The van der Waals surface area contributed by atoms with Gasteiger partial charge in [-0.1, -0.05) is 6.08 Å². The van der Waals surface area contributed by atoms with Crippen molar-refractivity contribution in [1.29, 1.82) is 0 Å². The van der Waals surface area contributed by atoms with Crippen molar-refractivity contribution < 1.29 is 32.7 Å². The van der Waals surface area contributed by atoms with E-state index in [2.05, 4.69) is 11.5 Å². The van der Waals surface area contributed by atoms with Crippen LogP contribution in [0.5, 0.6) is 0 Å². The first-order valence-electron chi connectivity index (χ1n) is 9.07. The topological polar surface area (TPSA) is 81.2 Å². The van der Waals surface area contributed by atoms with Crippen LogP contribution in [0, 0.1) is 0 Å². The first-order chi connectivity index (χ1) is 12.9. The molecule has 2 fully saturated rings. The van der Waals surface area contributed by atoms with Crippen LogP contribution in [0.3, 0.4) is 0 Å². The number of carbonyl (C=O) groups excluding carboxylic acids is 2. The summed E-state index contributed by atoms with van der Waals surface area (Å²) in [4.78, 5) is 38.8. The number of nitrogens with zero attached hydrogens (tertiary/aromatic N) is 3. The van der Waals surface area contributed by atoms with Crippen LogP contribution in [-0.4, -0.2) is 89.6 Å². The molecule has 7 nitrogen and oxygen atoms in total. The minimum Gasteiger partial charge on any atom is -0.475 e. The average molecular weight is 407 g/mol. The number of hydrogen-bond acceptors (Lipinski definition) is 4. The maximum Gasteiger partial charge on any atom is 0.490 e. The Morgan fingerprint density at radius 3 is 2.21 bits per heavy atom. The molecule has 10 heteroatoms. The van der Waals surface area contributed by atoms with Crippen molar-refractivity contribution >= 4 is 17.8 Å². The fourth-order valence-corrected chi connectivity index (χ4v) is 3.51. The van der Waals surface area contributed by atoms with Gasteiger partial charge in [-0.2, -0.15) is 13.2 Å². The largest absolute Gasteiger partial charge is 0.490 e. The van der Waals surface area contributed by atoms with Gasteiger partial charge < -0.3 is 14.9 Å². The first kappa shape index (κ1) is 23.9. The number of hydrogen-bond donors (Lipinski definition) is 1. The summed E-state index contributed by atoms with van der Waals surface area (Å²) < 4.78 is 31.7.